The van der Waals surface area contributed by atoms with Gasteiger partial charge in [-0.3, -0.25) is 9.59 Å². The molecule has 8 heteroatoms. The average molecular weight is 388 g/mol. The molecule has 2 aromatic rings. The van der Waals surface area contributed by atoms with E-state index in [0.29, 0.717) is 19.8 Å². The second-order valence-electron chi connectivity index (χ2n) is 7.11. The van der Waals surface area contributed by atoms with E-state index in [1.54, 1.807) is 28.3 Å². The van der Waals surface area contributed by atoms with Gasteiger partial charge >= 0.3 is 0 Å². The number of nitrogens with zero attached hydrogens (tertiary/aromatic N) is 4. The van der Waals surface area contributed by atoms with Crippen molar-refractivity contribution in [2.75, 3.05) is 44.3 Å². The van der Waals surface area contributed by atoms with E-state index in [1.807, 2.05) is 22.6 Å². The maximum atomic E-state index is 12.8. The Hall–Kier alpha value is -2.19. The first-order valence-corrected chi connectivity index (χ1v) is 10.3. The predicted molar refractivity (Wildman–Crippen MR) is 105 cm³/mol. The lowest BCUT2D eigenvalue weighted by atomic mass is 10.0. The number of piperidine rings is 1. The van der Waals surface area contributed by atoms with Crippen LogP contribution in [0.25, 0.3) is 0 Å². The number of morpholine rings is 1. The molecule has 2 aliphatic rings. The van der Waals surface area contributed by atoms with Crippen molar-refractivity contribution < 1.29 is 9.53 Å². The Morgan fingerprint density at radius 1 is 1.26 bits per heavy atom. The summed E-state index contributed by atoms with van der Waals surface area (Å²) in [6.45, 7) is 6.11. The molecule has 2 aliphatic heterocycles. The lowest BCUT2D eigenvalue weighted by Gasteiger charge is -2.33. The van der Waals surface area contributed by atoms with Crippen molar-refractivity contribution in [1.29, 1.82) is 0 Å². The molecular weight excluding hydrogens is 364 g/mol. The van der Waals surface area contributed by atoms with Crippen LogP contribution in [-0.2, 0) is 4.74 Å². The minimum absolute atomic E-state index is 0.0523. The Morgan fingerprint density at radius 2 is 2.07 bits per heavy atom. The highest BCUT2D eigenvalue weighted by Gasteiger charge is 2.28. The van der Waals surface area contributed by atoms with E-state index in [9.17, 15) is 9.59 Å². The zero-order chi connectivity index (χ0) is 18.8. The third kappa shape index (κ3) is 3.77. The van der Waals surface area contributed by atoms with Crippen LogP contribution in [0.2, 0.25) is 0 Å². The fourth-order valence-corrected chi connectivity index (χ4v) is 4.59. The van der Waals surface area contributed by atoms with E-state index in [4.69, 9.17) is 4.74 Å². The Labute approximate surface area is 162 Å². The molecule has 0 spiro atoms. The summed E-state index contributed by atoms with van der Waals surface area (Å²) in [5.74, 6) is 0.0523. The highest BCUT2D eigenvalue weighted by molar-refractivity contribution is 7.08. The van der Waals surface area contributed by atoms with Crippen LogP contribution in [0.5, 0.6) is 0 Å². The number of amides is 1. The minimum atomic E-state index is -0.106. The van der Waals surface area contributed by atoms with Gasteiger partial charge < -0.3 is 14.5 Å². The molecule has 0 bridgehead atoms. The zero-order valence-electron chi connectivity index (χ0n) is 15.5. The number of carbonyl (C=O) groups is 1. The number of hydrogen-bond donors (Lipinski definition) is 0. The summed E-state index contributed by atoms with van der Waals surface area (Å²) in [4.78, 5) is 29.5. The van der Waals surface area contributed by atoms with Crippen molar-refractivity contribution in [3.63, 3.8) is 0 Å². The molecule has 0 aliphatic carbocycles. The summed E-state index contributed by atoms with van der Waals surface area (Å²) in [5.41, 5.74) is 2.52. The molecule has 1 atom stereocenters. The third-order valence-corrected chi connectivity index (χ3v) is 6.16. The van der Waals surface area contributed by atoms with Gasteiger partial charge in [-0.25, -0.2) is 4.68 Å². The van der Waals surface area contributed by atoms with Gasteiger partial charge in [-0.1, -0.05) is 0 Å². The number of ether oxygens (including phenoxy) is 1. The van der Waals surface area contributed by atoms with Crippen molar-refractivity contribution in [2.24, 2.45) is 0 Å². The van der Waals surface area contributed by atoms with Crippen molar-refractivity contribution >= 4 is 22.9 Å². The van der Waals surface area contributed by atoms with Gasteiger partial charge in [0.1, 0.15) is 0 Å². The smallest absolute Gasteiger partial charge is 0.269 e. The van der Waals surface area contributed by atoms with Gasteiger partial charge in [0.25, 0.3) is 11.5 Å². The molecular formula is C19H24N4O3S. The summed E-state index contributed by atoms with van der Waals surface area (Å²) in [6, 6.07) is 1.58. The molecule has 4 heterocycles. The molecule has 0 radical (unpaired) electrons. The van der Waals surface area contributed by atoms with Crippen molar-refractivity contribution in [3.8, 4) is 0 Å². The van der Waals surface area contributed by atoms with Crippen LogP contribution in [0, 0.1) is 6.92 Å². The van der Waals surface area contributed by atoms with Crippen LogP contribution in [0.1, 0.15) is 34.8 Å². The first-order valence-electron chi connectivity index (χ1n) is 9.37. The van der Waals surface area contributed by atoms with Gasteiger partial charge in [0.15, 0.2) is 0 Å². The Kier molecular flexibility index (Phi) is 5.27. The summed E-state index contributed by atoms with van der Waals surface area (Å²) < 4.78 is 6.91. The fraction of sp³-hybridized carbons (Fsp3) is 0.526. The summed E-state index contributed by atoms with van der Waals surface area (Å²) in [6.07, 6.45) is 3.49. The Morgan fingerprint density at radius 3 is 2.78 bits per heavy atom. The maximum absolute atomic E-state index is 12.8. The lowest BCUT2D eigenvalue weighted by Crippen LogP contribution is -2.44. The Balaban J connectivity index is 1.50. The fourth-order valence-electron chi connectivity index (χ4n) is 3.77. The standard InChI is InChI=1S/C19H24N4O3S/c1-14-12-27-13-17(14)19(25)22-4-2-3-15(11-22)23-18(24)9-16(10-20-23)21-5-7-26-8-6-21/h9-10,12-13,15H,2-8,11H2,1H3. The molecule has 2 aromatic heterocycles. The largest absolute Gasteiger partial charge is 0.378 e. The van der Waals surface area contributed by atoms with E-state index in [2.05, 4.69) is 10.00 Å². The summed E-state index contributed by atoms with van der Waals surface area (Å²) in [7, 11) is 0. The quantitative estimate of drug-likeness (QED) is 0.804. The molecule has 0 saturated carbocycles. The molecule has 2 fully saturated rings. The molecule has 1 amide bonds. The van der Waals surface area contributed by atoms with E-state index in [0.717, 1.165) is 49.3 Å². The third-order valence-electron chi connectivity index (χ3n) is 5.30. The van der Waals surface area contributed by atoms with Gasteiger partial charge in [0.2, 0.25) is 0 Å². The van der Waals surface area contributed by atoms with Crippen LogP contribution >= 0.6 is 11.3 Å². The zero-order valence-corrected chi connectivity index (χ0v) is 16.3. The first-order chi connectivity index (χ1) is 13.1. The van der Waals surface area contributed by atoms with E-state index >= 15 is 0 Å². The summed E-state index contributed by atoms with van der Waals surface area (Å²) in [5, 5.41) is 8.33. The number of aryl methyl sites for hydroxylation is 1. The molecule has 7 nitrogen and oxygen atoms in total. The number of likely N-dealkylation sites (tertiary alicyclic amines) is 1. The molecule has 2 saturated heterocycles. The van der Waals surface area contributed by atoms with E-state index in [1.165, 1.54) is 0 Å². The van der Waals surface area contributed by atoms with Crippen LogP contribution in [0.15, 0.2) is 27.8 Å². The number of thiophene rings is 1. The number of carbonyl (C=O) groups excluding carboxylic acids is 1. The van der Waals surface area contributed by atoms with Crippen molar-refractivity contribution in [1.82, 2.24) is 14.7 Å². The first kappa shape index (κ1) is 18.2. The number of rotatable bonds is 3. The van der Waals surface area contributed by atoms with Crippen LogP contribution in [0.4, 0.5) is 5.69 Å². The number of aromatic nitrogens is 2. The van der Waals surface area contributed by atoms with Crippen LogP contribution in [0.3, 0.4) is 0 Å². The normalized spacial score (nSPS) is 20.7. The molecule has 0 aromatic carbocycles. The molecule has 144 valence electrons. The molecule has 4 rings (SSSR count). The van der Waals surface area contributed by atoms with Gasteiger partial charge in [0, 0.05) is 37.6 Å². The lowest BCUT2D eigenvalue weighted by molar-refractivity contribution is 0.0669. The second-order valence-corrected chi connectivity index (χ2v) is 7.86. The predicted octanol–water partition coefficient (Wildman–Crippen LogP) is 1.93. The Bertz CT molecular complexity index is 872. The van der Waals surface area contributed by atoms with Crippen molar-refractivity contribution in [3.05, 3.63) is 44.5 Å². The SMILES string of the molecule is Cc1cscc1C(=O)N1CCCC(n2ncc(N3CCOCC3)cc2=O)C1. The van der Waals surface area contributed by atoms with E-state index < -0.39 is 0 Å². The monoisotopic (exact) mass is 388 g/mol. The topological polar surface area (TPSA) is 67.7 Å². The molecule has 27 heavy (non-hydrogen) atoms. The van der Waals surface area contributed by atoms with Crippen molar-refractivity contribution in [2.45, 2.75) is 25.8 Å². The highest BCUT2D eigenvalue weighted by atomic mass is 32.1. The number of anilines is 1. The maximum Gasteiger partial charge on any atom is 0.269 e. The highest BCUT2D eigenvalue weighted by Crippen LogP contribution is 2.24. The number of hydrogen-bond acceptors (Lipinski definition) is 6. The van der Waals surface area contributed by atoms with Crippen LogP contribution in [-0.4, -0.2) is 60.0 Å². The van der Waals surface area contributed by atoms with Gasteiger partial charge in [-0.2, -0.15) is 16.4 Å². The summed E-state index contributed by atoms with van der Waals surface area (Å²) >= 11 is 1.54. The van der Waals surface area contributed by atoms with Gasteiger partial charge in [0.05, 0.1) is 36.7 Å². The van der Waals surface area contributed by atoms with Crippen LogP contribution < -0.4 is 10.5 Å². The average Bonchev–Trinajstić information content (AvgIpc) is 3.14. The van der Waals surface area contributed by atoms with E-state index in [-0.39, 0.29) is 17.5 Å². The molecule has 1 unspecified atom stereocenters. The second kappa shape index (κ2) is 7.82. The molecule has 0 N–H and O–H groups in total. The van der Waals surface area contributed by atoms with Gasteiger partial charge in [-0.15, -0.1) is 0 Å². The minimum Gasteiger partial charge on any atom is -0.378 e. The van der Waals surface area contributed by atoms with Gasteiger partial charge in [-0.05, 0) is 30.7 Å².